The molecule has 27 heavy (non-hydrogen) atoms. The maximum absolute atomic E-state index is 12.2. The van der Waals surface area contributed by atoms with Crippen LogP contribution in [0, 0.1) is 5.92 Å². The minimum absolute atomic E-state index is 0.0467. The number of amides is 1. The number of carbonyl (C=O) groups is 1. The highest BCUT2D eigenvalue weighted by Crippen LogP contribution is 2.27. The van der Waals surface area contributed by atoms with E-state index in [0.717, 1.165) is 5.56 Å². The number of alkyl carbamates (subject to hydrolysis) is 1. The molecular weight excluding hydrogens is 386 g/mol. The van der Waals surface area contributed by atoms with E-state index in [1.807, 2.05) is 58.9 Å². The first-order chi connectivity index (χ1) is 12.6. The highest BCUT2D eigenvalue weighted by atomic mass is 35.5. The Hall–Kier alpha value is -1.93. The van der Waals surface area contributed by atoms with Gasteiger partial charge >= 0.3 is 6.09 Å². The van der Waals surface area contributed by atoms with Crippen LogP contribution in [0.2, 0.25) is 5.02 Å². The first-order valence-corrected chi connectivity index (χ1v) is 10.0. The molecule has 1 amide bonds. The topological polar surface area (TPSA) is 95.1 Å². The molecule has 0 fully saturated rings. The third-order valence-electron chi connectivity index (χ3n) is 3.62. The number of nitrogens with zero attached hydrogens (tertiary/aromatic N) is 3. The zero-order valence-electron chi connectivity index (χ0n) is 16.2. The van der Waals surface area contributed by atoms with E-state index in [1.165, 1.54) is 16.4 Å². The summed E-state index contributed by atoms with van der Waals surface area (Å²) in [6.07, 6.45) is -0.519. The van der Waals surface area contributed by atoms with Gasteiger partial charge in [-0.25, -0.2) is 9.47 Å². The molecule has 0 saturated heterocycles. The summed E-state index contributed by atoms with van der Waals surface area (Å²) in [6, 6.07) is 7.19. The van der Waals surface area contributed by atoms with Gasteiger partial charge in [0.05, 0.1) is 6.04 Å². The Bertz CT molecular complexity index is 788. The minimum atomic E-state index is -0.585. The van der Waals surface area contributed by atoms with Crippen molar-refractivity contribution in [3.63, 3.8) is 0 Å². The van der Waals surface area contributed by atoms with Crippen molar-refractivity contribution < 1.29 is 9.53 Å². The number of benzene rings is 1. The van der Waals surface area contributed by atoms with E-state index in [1.54, 1.807) is 0 Å². The van der Waals surface area contributed by atoms with Crippen molar-refractivity contribution in [1.29, 1.82) is 0 Å². The lowest BCUT2D eigenvalue weighted by Crippen LogP contribution is -2.38. The molecule has 3 N–H and O–H groups in total. The molecule has 1 heterocycles. The Morgan fingerprint density at radius 1 is 1.33 bits per heavy atom. The number of hydrogen-bond donors (Lipinski definition) is 2. The van der Waals surface area contributed by atoms with Gasteiger partial charge in [-0.05, 0) is 38.3 Å². The summed E-state index contributed by atoms with van der Waals surface area (Å²) in [5.41, 5.74) is 0.402. The highest BCUT2D eigenvalue weighted by molar-refractivity contribution is 7.98. The Morgan fingerprint density at radius 2 is 2.00 bits per heavy atom. The molecule has 1 atom stereocenters. The van der Waals surface area contributed by atoms with E-state index in [2.05, 4.69) is 15.5 Å². The van der Waals surface area contributed by atoms with Crippen LogP contribution in [0.5, 0.6) is 0 Å². The standard InChI is InChI=1S/C18H26ClN5O2S/c1-11(2)14(21-17(25)26-18(3,4)5)15-22-23-16(24(15)20)27-10-12-8-6-7-9-13(12)19/h6-9,11,14H,10,20H2,1-5H3,(H,21,25). The normalized spacial score (nSPS) is 12.9. The summed E-state index contributed by atoms with van der Waals surface area (Å²) < 4.78 is 6.74. The second kappa shape index (κ2) is 8.84. The Morgan fingerprint density at radius 3 is 2.59 bits per heavy atom. The maximum atomic E-state index is 12.2. The number of nitrogens with two attached hydrogens (primary N) is 1. The molecule has 0 aliphatic rings. The molecule has 0 radical (unpaired) electrons. The van der Waals surface area contributed by atoms with Crippen LogP contribution in [0.15, 0.2) is 29.4 Å². The number of ether oxygens (including phenoxy) is 1. The van der Waals surface area contributed by atoms with Gasteiger partial charge in [0.2, 0.25) is 5.16 Å². The van der Waals surface area contributed by atoms with E-state index in [-0.39, 0.29) is 5.92 Å². The molecule has 0 bridgehead atoms. The second-order valence-corrected chi connectivity index (χ2v) is 8.81. The zero-order chi connectivity index (χ0) is 20.2. The van der Waals surface area contributed by atoms with Crippen LogP contribution < -0.4 is 11.2 Å². The van der Waals surface area contributed by atoms with E-state index in [9.17, 15) is 4.79 Å². The number of carbonyl (C=O) groups excluding carboxylic acids is 1. The van der Waals surface area contributed by atoms with E-state index < -0.39 is 17.7 Å². The number of nitrogen functional groups attached to an aromatic ring is 1. The maximum Gasteiger partial charge on any atom is 0.408 e. The fourth-order valence-corrected chi connectivity index (χ4v) is 3.47. The van der Waals surface area contributed by atoms with E-state index in [4.69, 9.17) is 22.2 Å². The average molecular weight is 412 g/mol. The van der Waals surface area contributed by atoms with Gasteiger partial charge in [0, 0.05) is 10.8 Å². The Labute approximate surface area is 169 Å². The van der Waals surface area contributed by atoms with Gasteiger partial charge in [0.15, 0.2) is 5.82 Å². The van der Waals surface area contributed by atoms with Crippen LogP contribution in [0.1, 0.15) is 52.0 Å². The smallest absolute Gasteiger partial charge is 0.408 e. The molecule has 0 aliphatic carbocycles. The van der Waals surface area contributed by atoms with Crippen molar-refractivity contribution in [2.45, 2.75) is 57.2 Å². The van der Waals surface area contributed by atoms with Gasteiger partial charge < -0.3 is 15.9 Å². The Kier molecular flexibility index (Phi) is 7.00. The van der Waals surface area contributed by atoms with Crippen molar-refractivity contribution in [2.75, 3.05) is 5.84 Å². The Balaban J connectivity index is 2.12. The van der Waals surface area contributed by atoms with Crippen molar-refractivity contribution in [2.24, 2.45) is 5.92 Å². The predicted molar refractivity (Wildman–Crippen MR) is 108 cm³/mol. The van der Waals surface area contributed by atoms with Gasteiger partial charge in [0.1, 0.15) is 5.60 Å². The minimum Gasteiger partial charge on any atom is -0.444 e. The van der Waals surface area contributed by atoms with Gasteiger partial charge in [0.25, 0.3) is 0 Å². The zero-order valence-corrected chi connectivity index (χ0v) is 17.8. The van der Waals surface area contributed by atoms with Crippen LogP contribution in [-0.2, 0) is 10.5 Å². The molecule has 1 aromatic heterocycles. The summed E-state index contributed by atoms with van der Waals surface area (Å²) in [4.78, 5) is 12.2. The number of aromatic nitrogens is 3. The van der Waals surface area contributed by atoms with Gasteiger partial charge in [-0.1, -0.05) is 55.4 Å². The third kappa shape index (κ3) is 6.04. The number of rotatable bonds is 6. The predicted octanol–water partition coefficient (Wildman–Crippen LogP) is 4.16. The van der Waals surface area contributed by atoms with Crippen LogP contribution in [0.25, 0.3) is 0 Å². The molecule has 0 aliphatic heterocycles. The largest absolute Gasteiger partial charge is 0.444 e. The highest BCUT2D eigenvalue weighted by Gasteiger charge is 2.27. The molecular formula is C18H26ClN5O2S. The molecule has 7 nitrogen and oxygen atoms in total. The molecule has 1 aromatic carbocycles. The lowest BCUT2D eigenvalue weighted by molar-refractivity contribution is 0.0485. The molecule has 1 unspecified atom stereocenters. The van der Waals surface area contributed by atoms with Crippen molar-refractivity contribution in [1.82, 2.24) is 20.2 Å². The summed E-state index contributed by atoms with van der Waals surface area (Å²) in [5.74, 6) is 7.32. The van der Waals surface area contributed by atoms with Crippen LogP contribution >= 0.6 is 23.4 Å². The molecule has 148 valence electrons. The van der Waals surface area contributed by atoms with Crippen molar-refractivity contribution in [3.8, 4) is 0 Å². The van der Waals surface area contributed by atoms with E-state index >= 15 is 0 Å². The first-order valence-electron chi connectivity index (χ1n) is 8.64. The molecule has 2 rings (SSSR count). The van der Waals surface area contributed by atoms with Gasteiger partial charge in [-0.15, -0.1) is 10.2 Å². The number of hydrogen-bond acceptors (Lipinski definition) is 6. The SMILES string of the molecule is CC(C)C(NC(=O)OC(C)(C)C)c1nnc(SCc2ccccc2Cl)n1N. The van der Waals surface area contributed by atoms with Crippen molar-refractivity contribution in [3.05, 3.63) is 40.7 Å². The molecule has 2 aromatic rings. The second-order valence-electron chi connectivity index (χ2n) is 7.46. The quantitative estimate of drug-likeness (QED) is 0.547. The summed E-state index contributed by atoms with van der Waals surface area (Å²) in [6.45, 7) is 9.37. The third-order valence-corrected chi connectivity index (χ3v) is 4.98. The summed E-state index contributed by atoms with van der Waals surface area (Å²) in [7, 11) is 0. The first kappa shape index (κ1) is 21.4. The number of thioether (sulfide) groups is 1. The van der Waals surface area contributed by atoms with Crippen LogP contribution in [-0.4, -0.2) is 26.6 Å². The monoisotopic (exact) mass is 411 g/mol. The van der Waals surface area contributed by atoms with Crippen LogP contribution in [0.4, 0.5) is 4.79 Å². The van der Waals surface area contributed by atoms with Gasteiger partial charge in [-0.2, -0.15) is 0 Å². The summed E-state index contributed by atoms with van der Waals surface area (Å²) in [5, 5.41) is 12.4. The fourth-order valence-electron chi connectivity index (χ4n) is 2.32. The molecule has 9 heteroatoms. The fraction of sp³-hybridized carbons (Fsp3) is 0.500. The lowest BCUT2D eigenvalue weighted by atomic mass is 10.0. The molecule has 0 saturated carbocycles. The van der Waals surface area contributed by atoms with Gasteiger partial charge in [-0.3, -0.25) is 0 Å². The van der Waals surface area contributed by atoms with Crippen LogP contribution in [0.3, 0.4) is 0 Å². The summed E-state index contributed by atoms with van der Waals surface area (Å²) >= 11 is 7.62. The number of halogens is 1. The lowest BCUT2D eigenvalue weighted by Gasteiger charge is -2.25. The van der Waals surface area contributed by atoms with Crippen molar-refractivity contribution >= 4 is 29.5 Å². The molecule has 0 spiro atoms. The number of nitrogens with one attached hydrogen (secondary N) is 1. The van der Waals surface area contributed by atoms with E-state index in [0.29, 0.717) is 21.8 Å². The average Bonchev–Trinajstić information content (AvgIpc) is 2.90.